The van der Waals surface area contributed by atoms with Crippen molar-refractivity contribution in [1.82, 2.24) is 4.98 Å². The fourth-order valence-electron chi connectivity index (χ4n) is 1.50. The van der Waals surface area contributed by atoms with Crippen molar-refractivity contribution >= 4 is 23.1 Å². The Morgan fingerprint density at radius 1 is 1.29 bits per heavy atom. The molecule has 1 aromatic carbocycles. The fraction of sp³-hybridized carbons (Fsp3) is 0.0769. The van der Waals surface area contributed by atoms with E-state index in [1.54, 1.807) is 36.5 Å². The first-order chi connectivity index (χ1) is 8.08. The lowest BCUT2D eigenvalue weighted by Gasteiger charge is -2.05. The lowest BCUT2D eigenvalue weighted by atomic mass is 10.0. The van der Waals surface area contributed by atoms with Crippen molar-refractivity contribution in [2.45, 2.75) is 6.92 Å². The average Bonchev–Trinajstić information content (AvgIpc) is 2.29. The van der Waals surface area contributed by atoms with Crippen LogP contribution < -0.4 is 5.73 Å². The van der Waals surface area contributed by atoms with Gasteiger partial charge in [-0.25, -0.2) is 0 Å². The predicted octanol–water partition coefficient (Wildman–Crippen LogP) is 2.86. The molecule has 1 heterocycles. The van der Waals surface area contributed by atoms with Crippen LogP contribution in [0.25, 0.3) is 0 Å². The van der Waals surface area contributed by atoms with E-state index in [1.165, 1.54) is 0 Å². The Morgan fingerprint density at radius 2 is 2.06 bits per heavy atom. The first kappa shape index (κ1) is 11.6. The molecule has 0 aliphatic rings. The standard InChI is InChI=1S/C13H11ClN2O/c1-8-2-3-9(7-16-8)13(17)11-5-4-10(14)6-12(11)15/h2-7H,15H2,1H3. The number of carbonyl (C=O) groups is 1. The van der Waals surface area contributed by atoms with Crippen molar-refractivity contribution in [1.29, 1.82) is 0 Å². The minimum absolute atomic E-state index is 0.147. The van der Waals surface area contributed by atoms with Gasteiger partial charge in [-0.3, -0.25) is 9.78 Å². The lowest BCUT2D eigenvalue weighted by molar-refractivity contribution is 0.103. The van der Waals surface area contributed by atoms with Crippen molar-refractivity contribution in [2.75, 3.05) is 5.73 Å². The van der Waals surface area contributed by atoms with E-state index < -0.39 is 0 Å². The van der Waals surface area contributed by atoms with Crippen molar-refractivity contribution in [3.05, 3.63) is 58.4 Å². The van der Waals surface area contributed by atoms with Crippen molar-refractivity contribution in [3.8, 4) is 0 Å². The summed E-state index contributed by atoms with van der Waals surface area (Å²) < 4.78 is 0. The van der Waals surface area contributed by atoms with E-state index in [2.05, 4.69) is 4.98 Å². The molecule has 0 fully saturated rings. The average molecular weight is 247 g/mol. The van der Waals surface area contributed by atoms with Gasteiger partial charge in [-0.15, -0.1) is 0 Å². The Bertz CT molecular complexity index is 564. The number of aromatic nitrogens is 1. The molecule has 0 saturated carbocycles. The van der Waals surface area contributed by atoms with Crippen molar-refractivity contribution < 1.29 is 4.79 Å². The van der Waals surface area contributed by atoms with Gasteiger partial charge in [0, 0.05) is 33.7 Å². The summed E-state index contributed by atoms with van der Waals surface area (Å²) in [5.74, 6) is -0.147. The van der Waals surface area contributed by atoms with E-state index in [9.17, 15) is 4.79 Å². The van der Waals surface area contributed by atoms with E-state index in [0.29, 0.717) is 21.8 Å². The minimum Gasteiger partial charge on any atom is -0.398 e. The van der Waals surface area contributed by atoms with Gasteiger partial charge < -0.3 is 5.73 Å². The predicted molar refractivity (Wildman–Crippen MR) is 68.3 cm³/mol. The minimum atomic E-state index is -0.147. The summed E-state index contributed by atoms with van der Waals surface area (Å²) in [5.41, 5.74) is 7.97. The zero-order valence-electron chi connectivity index (χ0n) is 9.27. The summed E-state index contributed by atoms with van der Waals surface area (Å²) in [7, 11) is 0. The van der Waals surface area contributed by atoms with Gasteiger partial charge in [-0.2, -0.15) is 0 Å². The van der Waals surface area contributed by atoms with Crippen LogP contribution in [0.15, 0.2) is 36.5 Å². The third-order valence-electron chi connectivity index (χ3n) is 2.43. The molecule has 17 heavy (non-hydrogen) atoms. The molecule has 0 aliphatic heterocycles. The molecule has 0 unspecified atom stereocenters. The number of nitrogens with zero attached hydrogens (tertiary/aromatic N) is 1. The third kappa shape index (κ3) is 2.45. The Labute approximate surface area is 104 Å². The molecule has 0 amide bonds. The number of carbonyl (C=O) groups excluding carboxylic acids is 1. The van der Waals surface area contributed by atoms with E-state index >= 15 is 0 Å². The first-order valence-corrected chi connectivity index (χ1v) is 5.48. The number of aryl methyl sites for hydroxylation is 1. The number of benzene rings is 1. The van der Waals surface area contributed by atoms with Crippen LogP contribution in [0.2, 0.25) is 5.02 Å². The van der Waals surface area contributed by atoms with Gasteiger partial charge in [-0.05, 0) is 37.3 Å². The normalized spacial score (nSPS) is 10.2. The maximum Gasteiger partial charge on any atom is 0.196 e. The highest BCUT2D eigenvalue weighted by molar-refractivity contribution is 6.31. The number of ketones is 1. The van der Waals surface area contributed by atoms with Crippen LogP contribution in [0.5, 0.6) is 0 Å². The van der Waals surface area contributed by atoms with Crippen LogP contribution >= 0.6 is 11.6 Å². The summed E-state index contributed by atoms with van der Waals surface area (Å²) >= 11 is 5.78. The Kier molecular flexibility index (Phi) is 3.11. The first-order valence-electron chi connectivity index (χ1n) is 5.10. The zero-order chi connectivity index (χ0) is 12.4. The topological polar surface area (TPSA) is 56.0 Å². The number of nitrogen functional groups attached to an aromatic ring is 1. The second-order valence-corrected chi connectivity index (χ2v) is 4.19. The Hall–Kier alpha value is -1.87. The molecule has 4 heteroatoms. The highest BCUT2D eigenvalue weighted by Crippen LogP contribution is 2.20. The smallest absolute Gasteiger partial charge is 0.196 e. The van der Waals surface area contributed by atoms with E-state index in [1.807, 2.05) is 6.92 Å². The highest BCUT2D eigenvalue weighted by atomic mass is 35.5. The number of nitrogens with two attached hydrogens (primary N) is 1. The molecule has 3 nitrogen and oxygen atoms in total. The van der Waals surface area contributed by atoms with Crippen LogP contribution in [0, 0.1) is 6.92 Å². The quantitative estimate of drug-likeness (QED) is 0.655. The molecule has 2 N–H and O–H groups in total. The lowest BCUT2D eigenvalue weighted by Crippen LogP contribution is -2.05. The zero-order valence-corrected chi connectivity index (χ0v) is 10.0. The second kappa shape index (κ2) is 4.55. The molecule has 0 spiro atoms. The number of rotatable bonds is 2. The van der Waals surface area contributed by atoms with Crippen LogP contribution in [-0.2, 0) is 0 Å². The largest absolute Gasteiger partial charge is 0.398 e. The van der Waals surface area contributed by atoms with Gasteiger partial charge in [0.25, 0.3) is 0 Å². The number of halogens is 1. The van der Waals surface area contributed by atoms with E-state index in [0.717, 1.165) is 5.69 Å². The molecular formula is C13H11ClN2O. The Balaban J connectivity index is 2.40. The summed E-state index contributed by atoms with van der Waals surface area (Å²) in [5, 5.41) is 0.515. The number of anilines is 1. The van der Waals surface area contributed by atoms with Crippen LogP contribution in [-0.4, -0.2) is 10.8 Å². The number of hydrogen-bond donors (Lipinski definition) is 1. The Morgan fingerprint density at radius 3 is 2.65 bits per heavy atom. The van der Waals surface area contributed by atoms with Crippen LogP contribution in [0.3, 0.4) is 0 Å². The van der Waals surface area contributed by atoms with Crippen molar-refractivity contribution in [2.24, 2.45) is 0 Å². The van der Waals surface area contributed by atoms with Gasteiger partial charge in [0.05, 0.1) is 0 Å². The summed E-state index contributed by atoms with van der Waals surface area (Å²) in [6.07, 6.45) is 1.55. The summed E-state index contributed by atoms with van der Waals surface area (Å²) in [4.78, 5) is 16.2. The fourth-order valence-corrected chi connectivity index (χ4v) is 1.68. The third-order valence-corrected chi connectivity index (χ3v) is 2.67. The highest BCUT2D eigenvalue weighted by Gasteiger charge is 2.12. The number of hydrogen-bond acceptors (Lipinski definition) is 3. The maximum absolute atomic E-state index is 12.1. The van der Waals surface area contributed by atoms with E-state index in [-0.39, 0.29) is 5.78 Å². The molecule has 0 bridgehead atoms. The van der Waals surface area contributed by atoms with Crippen LogP contribution in [0.1, 0.15) is 21.6 Å². The summed E-state index contributed by atoms with van der Waals surface area (Å²) in [6.45, 7) is 1.87. The monoisotopic (exact) mass is 246 g/mol. The molecule has 0 aliphatic carbocycles. The van der Waals surface area contributed by atoms with Crippen molar-refractivity contribution in [3.63, 3.8) is 0 Å². The molecule has 2 aromatic rings. The molecule has 0 saturated heterocycles. The molecule has 86 valence electrons. The van der Waals surface area contributed by atoms with Gasteiger partial charge in [0.1, 0.15) is 0 Å². The van der Waals surface area contributed by atoms with Crippen LogP contribution in [0.4, 0.5) is 5.69 Å². The molecular weight excluding hydrogens is 236 g/mol. The second-order valence-electron chi connectivity index (χ2n) is 3.75. The maximum atomic E-state index is 12.1. The molecule has 0 radical (unpaired) electrons. The van der Waals surface area contributed by atoms with Gasteiger partial charge in [-0.1, -0.05) is 11.6 Å². The molecule has 0 atom stereocenters. The summed E-state index contributed by atoms with van der Waals surface area (Å²) in [6, 6.07) is 8.36. The van der Waals surface area contributed by atoms with Gasteiger partial charge >= 0.3 is 0 Å². The molecule has 2 rings (SSSR count). The SMILES string of the molecule is Cc1ccc(C(=O)c2ccc(Cl)cc2N)cn1. The van der Waals surface area contributed by atoms with Gasteiger partial charge in [0.15, 0.2) is 5.78 Å². The van der Waals surface area contributed by atoms with Gasteiger partial charge in [0.2, 0.25) is 0 Å². The molecule has 1 aromatic heterocycles. The number of pyridine rings is 1. The van der Waals surface area contributed by atoms with E-state index in [4.69, 9.17) is 17.3 Å².